The van der Waals surface area contributed by atoms with Gasteiger partial charge in [-0.1, -0.05) is 6.92 Å². The molecule has 1 atom stereocenters. The van der Waals surface area contributed by atoms with Crippen molar-refractivity contribution in [2.45, 2.75) is 26.3 Å². The average Bonchev–Trinajstić information content (AvgIpc) is 2.75. The van der Waals surface area contributed by atoms with Gasteiger partial charge in [0.05, 0.1) is 11.7 Å². The number of aromatic amines is 1. The number of carbonyl (C=O) groups excluding carboxylic acids is 1. The van der Waals surface area contributed by atoms with Crippen molar-refractivity contribution in [1.82, 2.24) is 15.5 Å². The number of anilines is 1. The Morgan fingerprint density at radius 2 is 2.35 bits per heavy atom. The third-order valence-electron chi connectivity index (χ3n) is 2.69. The van der Waals surface area contributed by atoms with E-state index in [1.165, 1.54) is 0 Å². The molecule has 0 radical (unpaired) electrons. The largest absolute Gasteiger partial charge is 0.335 e. The van der Waals surface area contributed by atoms with Crippen LogP contribution in [0.15, 0.2) is 24.4 Å². The highest BCUT2D eigenvalue weighted by Gasteiger charge is 2.05. The Morgan fingerprint density at radius 1 is 1.53 bits per heavy atom. The summed E-state index contributed by atoms with van der Waals surface area (Å²) < 4.78 is 0. The van der Waals surface area contributed by atoms with Crippen molar-refractivity contribution in [2.75, 3.05) is 5.32 Å². The monoisotopic (exact) mass is 232 g/mol. The second-order valence-corrected chi connectivity index (χ2v) is 4.08. The van der Waals surface area contributed by atoms with E-state index in [-0.39, 0.29) is 12.1 Å². The maximum Gasteiger partial charge on any atom is 0.319 e. The molecule has 1 unspecified atom stereocenters. The van der Waals surface area contributed by atoms with Crippen LogP contribution < -0.4 is 10.6 Å². The highest BCUT2D eigenvalue weighted by Crippen LogP contribution is 2.16. The van der Waals surface area contributed by atoms with Crippen LogP contribution in [0.25, 0.3) is 10.9 Å². The van der Waals surface area contributed by atoms with Gasteiger partial charge in [0, 0.05) is 17.1 Å². The minimum Gasteiger partial charge on any atom is -0.335 e. The predicted octanol–water partition coefficient (Wildman–Crippen LogP) is 2.48. The fourth-order valence-electron chi connectivity index (χ4n) is 1.51. The van der Waals surface area contributed by atoms with Crippen molar-refractivity contribution >= 4 is 22.6 Å². The van der Waals surface area contributed by atoms with Gasteiger partial charge in [-0.15, -0.1) is 0 Å². The molecule has 0 saturated heterocycles. The highest BCUT2D eigenvalue weighted by molar-refractivity contribution is 5.92. The van der Waals surface area contributed by atoms with E-state index >= 15 is 0 Å². The number of nitrogens with one attached hydrogen (secondary N) is 3. The maximum absolute atomic E-state index is 11.6. The minimum absolute atomic E-state index is 0.172. The Morgan fingerprint density at radius 3 is 3.12 bits per heavy atom. The average molecular weight is 232 g/mol. The third kappa shape index (κ3) is 2.75. The number of rotatable bonds is 3. The molecule has 0 aliphatic carbocycles. The van der Waals surface area contributed by atoms with Gasteiger partial charge in [0.15, 0.2) is 0 Å². The SMILES string of the molecule is CCC(C)NC(=O)Nc1ccc2cn[nH]c2c1. The van der Waals surface area contributed by atoms with E-state index < -0.39 is 0 Å². The van der Waals surface area contributed by atoms with Gasteiger partial charge in [0.2, 0.25) is 0 Å². The quantitative estimate of drug-likeness (QED) is 0.760. The molecule has 2 rings (SSSR count). The Kier molecular flexibility index (Phi) is 3.27. The highest BCUT2D eigenvalue weighted by atomic mass is 16.2. The van der Waals surface area contributed by atoms with Crippen molar-refractivity contribution in [3.8, 4) is 0 Å². The lowest BCUT2D eigenvalue weighted by Crippen LogP contribution is -2.35. The Labute approximate surface area is 99.6 Å². The molecule has 1 heterocycles. The van der Waals surface area contributed by atoms with Gasteiger partial charge in [0.25, 0.3) is 0 Å². The molecule has 0 fully saturated rings. The van der Waals surface area contributed by atoms with Crippen LogP contribution in [0.3, 0.4) is 0 Å². The van der Waals surface area contributed by atoms with Gasteiger partial charge in [0.1, 0.15) is 0 Å². The van der Waals surface area contributed by atoms with Crippen LogP contribution in [0.2, 0.25) is 0 Å². The van der Waals surface area contributed by atoms with Gasteiger partial charge in [-0.05, 0) is 31.5 Å². The van der Waals surface area contributed by atoms with Crippen molar-refractivity contribution in [2.24, 2.45) is 0 Å². The molecule has 1 aromatic heterocycles. The summed E-state index contributed by atoms with van der Waals surface area (Å²) in [5.41, 5.74) is 1.66. The molecule has 0 bridgehead atoms. The number of carbonyl (C=O) groups is 1. The lowest BCUT2D eigenvalue weighted by Gasteiger charge is -2.12. The number of urea groups is 1. The summed E-state index contributed by atoms with van der Waals surface area (Å²) in [6, 6.07) is 5.62. The maximum atomic E-state index is 11.6. The molecule has 90 valence electrons. The number of fused-ring (bicyclic) bond motifs is 1. The Balaban J connectivity index is 2.05. The molecule has 2 aromatic rings. The standard InChI is InChI=1S/C12H16N4O/c1-3-8(2)14-12(17)15-10-5-4-9-7-13-16-11(9)6-10/h4-8H,3H2,1-2H3,(H,13,16)(H2,14,15,17). The van der Waals surface area contributed by atoms with Gasteiger partial charge >= 0.3 is 6.03 Å². The lowest BCUT2D eigenvalue weighted by atomic mass is 10.2. The molecule has 0 aliphatic rings. The van der Waals surface area contributed by atoms with Crippen LogP contribution in [0.1, 0.15) is 20.3 Å². The smallest absolute Gasteiger partial charge is 0.319 e. The van der Waals surface area contributed by atoms with E-state index in [0.29, 0.717) is 0 Å². The molecule has 0 saturated carbocycles. The summed E-state index contributed by atoms with van der Waals surface area (Å²) in [6.45, 7) is 4.00. The topological polar surface area (TPSA) is 69.8 Å². The number of H-pyrrole nitrogens is 1. The first-order chi connectivity index (χ1) is 8.19. The summed E-state index contributed by atoms with van der Waals surface area (Å²) in [6.07, 6.45) is 2.66. The molecular weight excluding hydrogens is 216 g/mol. The van der Waals surface area contributed by atoms with Crippen molar-refractivity contribution in [3.63, 3.8) is 0 Å². The Hall–Kier alpha value is -2.04. The van der Waals surface area contributed by atoms with Gasteiger partial charge in [-0.2, -0.15) is 5.10 Å². The molecule has 5 nitrogen and oxygen atoms in total. The molecule has 3 N–H and O–H groups in total. The first-order valence-corrected chi connectivity index (χ1v) is 5.69. The molecule has 17 heavy (non-hydrogen) atoms. The van der Waals surface area contributed by atoms with E-state index in [1.807, 2.05) is 32.0 Å². The normalized spacial score (nSPS) is 12.4. The van der Waals surface area contributed by atoms with Gasteiger partial charge in [-0.25, -0.2) is 4.79 Å². The van der Waals surface area contributed by atoms with E-state index in [4.69, 9.17) is 0 Å². The minimum atomic E-state index is -0.182. The zero-order valence-corrected chi connectivity index (χ0v) is 9.95. The van der Waals surface area contributed by atoms with Crippen LogP contribution in [0.4, 0.5) is 10.5 Å². The number of aromatic nitrogens is 2. The number of hydrogen-bond donors (Lipinski definition) is 3. The van der Waals surface area contributed by atoms with Crippen molar-refractivity contribution in [3.05, 3.63) is 24.4 Å². The number of amides is 2. The molecular formula is C12H16N4O. The molecule has 2 amide bonds. The van der Waals surface area contributed by atoms with Crippen LogP contribution in [-0.4, -0.2) is 22.3 Å². The van der Waals surface area contributed by atoms with Crippen LogP contribution in [0, 0.1) is 0 Å². The first kappa shape index (κ1) is 11.4. The van der Waals surface area contributed by atoms with E-state index in [0.717, 1.165) is 23.0 Å². The second kappa shape index (κ2) is 4.86. The number of benzene rings is 1. The fourth-order valence-corrected chi connectivity index (χ4v) is 1.51. The summed E-state index contributed by atoms with van der Waals surface area (Å²) in [5.74, 6) is 0. The zero-order valence-electron chi connectivity index (χ0n) is 9.95. The number of nitrogens with zero attached hydrogens (tertiary/aromatic N) is 1. The molecule has 0 spiro atoms. The molecule has 0 aliphatic heterocycles. The Bertz CT molecular complexity index is 520. The van der Waals surface area contributed by atoms with Crippen LogP contribution in [-0.2, 0) is 0 Å². The predicted molar refractivity (Wildman–Crippen MR) is 68.0 cm³/mol. The van der Waals surface area contributed by atoms with Crippen molar-refractivity contribution in [1.29, 1.82) is 0 Å². The van der Waals surface area contributed by atoms with Crippen molar-refractivity contribution < 1.29 is 4.79 Å². The van der Waals surface area contributed by atoms with E-state index in [2.05, 4.69) is 20.8 Å². The van der Waals surface area contributed by atoms with Gasteiger partial charge in [-0.3, -0.25) is 5.10 Å². The summed E-state index contributed by atoms with van der Waals surface area (Å²) in [7, 11) is 0. The van der Waals surface area contributed by atoms with Crippen LogP contribution in [0.5, 0.6) is 0 Å². The molecule has 5 heteroatoms. The molecule has 1 aromatic carbocycles. The third-order valence-corrected chi connectivity index (χ3v) is 2.69. The summed E-state index contributed by atoms with van der Waals surface area (Å²) >= 11 is 0. The van der Waals surface area contributed by atoms with E-state index in [9.17, 15) is 4.79 Å². The number of hydrogen-bond acceptors (Lipinski definition) is 2. The van der Waals surface area contributed by atoms with E-state index in [1.54, 1.807) is 6.20 Å². The summed E-state index contributed by atoms with van der Waals surface area (Å²) in [5, 5.41) is 13.5. The van der Waals surface area contributed by atoms with Gasteiger partial charge < -0.3 is 10.6 Å². The fraction of sp³-hybridized carbons (Fsp3) is 0.333. The zero-order chi connectivity index (χ0) is 12.3. The summed E-state index contributed by atoms with van der Waals surface area (Å²) in [4.78, 5) is 11.6. The van der Waals surface area contributed by atoms with Crippen LogP contribution >= 0.6 is 0 Å². The lowest BCUT2D eigenvalue weighted by molar-refractivity contribution is 0.249. The first-order valence-electron chi connectivity index (χ1n) is 5.69. The second-order valence-electron chi connectivity index (χ2n) is 4.08.